The molecule has 0 spiro atoms. The van der Waals surface area contributed by atoms with E-state index in [2.05, 4.69) is 9.72 Å². The lowest BCUT2D eigenvalue weighted by Gasteiger charge is -2.16. The Kier molecular flexibility index (Phi) is 4.61. The zero-order valence-corrected chi connectivity index (χ0v) is 9.34. The maximum absolute atomic E-state index is 12.9. The van der Waals surface area contributed by atoms with Gasteiger partial charge in [-0.2, -0.15) is 5.26 Å². The van der Waals surface area contributed by atoms with Gasteiger partial charge in [-0.3, -0.25) is 4.98 Å². The number of hydrogen-bond donors (Lipinski definition) is 1. The highest BCUT2D eigenvalue weighted by molar-refractivity contribution is 5.43. The largest absolute Gasteiger partial charge is 0.573 e. The van der Waals surface area contributed by atoms with Crippen molar-refractivity contribution in [2.45, 2.75) is 25.8 Å². The molecule has 1 aromatic rings. The van der Waals surface area contributed by atoms with Crippen molar-refractivity contribution in [2.24, 2.45) is 5.73 Å². The van der Waals surface area contributed by atoms with Gasteiger partial charge in [0.05, 0.1) is 29.9 Å². The number of pyridine rings is 1. The molecule has 4 nitrogen and oxygen atoms in total. The minimum Gasteiger partial charge on any atom is -0.404 e. The Hall–Kier alpha value is -1.95. The van der Waals surface area contributed by atoms with Crippen molar-refractivity contribution in [3.05, 3.63) is 23.0 Å². The number of ether oxygens (including phenoxy) is 1. The highest BCUT2D eigenvalue weighted by Gasteiger charge is 2.34. The molecule has 0 atom stereocenters. The second-order valence-corrected chi connectivity index (χ2v) is 3.35. The Bertz CT molecular complexity index is 495. The van der Waals surface area contributed by atoms with E-state index >= 15 is 0 Å². The second-order valence-electron chi connectivity index (χ2n) is 3.35. The van der Waals surface area contributed by atoms with Gasteiger partial charge < -0.3 is 10.5 Å². The van der Waals surface area contributed by atoms with Crippen molar-refractivity contribution in [2.75, 3.05) is 0 Å². The van der Waals surface area contributed by atoms with E-state index in [1.807, 2.05) is 0 Å². The number of aromatic nitrogens is 1. The van der Waals surface area contributed by atoms with E-state index in [9.17, 15) is 22.0 Å². The molecule has 0 amide bonds. The number of nitrogens with zero attached hydrogens (tertiary/aromatic N) is 2. The standard InChI is InChI=1S/C10H8F5N3O/c11-9(12)8-5(1-2-16)6(3-17)18-4-7(8)19-10(13,14)15/h4,9H,1,3,17H2. The molecule has 0 saturated carbocycles. The van der Waals surface area contributed by atoms with Gasteiger partial charge >= 0.3 is 6.36 Å². The van der Waals surface area contributed by atoms with E-state index in [0.717, 1.165) is 0 Å². The summed E-state index contributed by atoms with van der Waals surface area (Å²) in [6, 6.07) is 1.58. The molecule has 2 N–H and O–H groups in total. The van der Waals surface area contributed by atoms with Crippen LogP contribution in [0.25, 0.3) is 0 Å². The molecular weight excluding hydrogens is 273 g/mol. The third-order valence-electron chi connectivity index (χ3n) is 2.17. The smallest absolute Gasteiger partial charge is 0.404 e. The molecule has 0 aromatic carbocycles. The lowest BCUT2D eigenvalue weighted by atomic mass is 10.0. The summed E-state index contributed by atoms with van der Waals surface area (Å²) < 4.78 is 65.5. The van der Waals surface area contributed by atoms with Gasteiger partial charge in [0.15, 0.2) is 5.75 Å². The van der Waals surface area contributed by atoms with Crippen LogP contribution in [0, 0.1) is 11.3 Å². The van der Waals surface area contributed by atoms with Crippen molar-refractivity contribution in [3.8, 4) is 11.8 Å². The molecule has 1 aromatic heterocycles. The molecule has 0 aliphatic heterocycles. The summed E-state index contributed by atoms with van der Waals surface area (Å²) in [6.45, 7) is -0.275. The van der Waals surface area contributed by atoms with Crippen LogP contribution in [0.3, 0.4) is 0 Å². The summed E-state index contributed by atoms with van der Waals surface area (Å²) >= 11 is 0. The van der Waals surface area contributed by atoms with Crippen LogP contribution >= 0.6 is 0 Å². The zero-order chi connectivity index (χ0) is 14.6. The summed E-state index contributed by atoms with van der Waals surface area (Å²) in [7, 11) is 0. The number of nitriles is 1. The van der Waals surface area contributed by atoms with Gasteiger partial charge in [-0.15, -0.1) is 13.2 Å². The fourth-order valence-corrected chi connectivity index (χ4v) is 1.49. The molecule has 1 rings (SSSR count). The fourth-order valence-electron chi connectivity index (χ4n) is 1.49. The molecule has 0 radical (unpaired) electrons. The molecule has 0 bridgehead atoms. The van der Waals surface area contributed by atoms with Gasteiger partial charge in [0.25, 0.3) is 6.43 Å². The van der Waals surface area contributed by atoms with E-state index in [1.165, 1.54) is 0 Å². The third-order valence-corrected chi connectivity index (χ3v) is 2.17. The topological polar surface area (TPSA) is 71.9 Å². The highest BCUT2D eigenvalue weighted by atomic mass is 19.4. The van der Waals surface area contributed by atoms with Gasteiger partial charge in [-0.1, -0.05) is 0 Å². The third kappa shape index (κ3) is 3.75. The normalized spacial score (nSPS) is 11.5. The Morgan fingerprint density at radius 1 is 1.42 bits per heavy atom. The van der Waals surface area contributed by atoms with Crippen LogP contribution in [0.4, 0.5) is 22.0 Å². The van der Waals surface area contributed by atoms with Gasteiger partial charge in [-0.05, 0) is 0 Å². The van der Waals surface area contributed by atoms with Crippen LogP contribution < -0.4 is 10.5 Å². The number of rotatable bonds is 4. The van der Waals surface area contributed by atoms with Gasteiger partial charge in [0, 0.05) is 12.1 Å². The lowest BCUT2D eigenvalue weighted by molar-refractivity contribution is -0.275. The minimum atomic E-state index is -5.13. The number of alkyl halides is 5. The number of hydrogen-bond acceptors (Lipinski definition) is 4. The first-order valence-electron chi connectivity index (χ1n) is 4.91. The average Bonchev–Trinajstić information content (AvgIpc) is 2.27. The Balaban J connectivity index is 3.41. The average molecular weight is 281 g/mol. The molecular formula is C10H8F5N3O. The first kappa shape index (κ1) is 15.1. The molecule has 1 heterocycles. The summed E-state index contributed by atoms with van der Waals surface area (Å²) in [5.41, 5.74) is 3.85. The Morgan fingerprint density at radius 3 is 2.47 bits per heavy atom. The van der Waals surface area contributed by atoms with Crippen LogP contribution in [0.5, 0.6) is 5.75 Å². The van der Waals surface area contributed by atoms with E-state index in [1.54, 1.807) is 6.07 Å². The lowest BCUT2D eigenvalue weighted by Crippen LogP contribution is -2.20. The Morgan fingerprint density at radius 2 is 2.05 bits per heavy atom. The summed E-state index contributed by atoms with van der Waals surface area (Å²) in [5.74, 6) is -1.12. The van der Waals surface area contributed by atoms with Crippen LogP contribution in [0.1, 0.15) is 23.2 Å². The maximum Gasteiger partial charge on any atom is 0.573 e. The van der Waals surface area contributed by atoms with E-state index in [4.69, 9.17) is 11.0 Å². The predicted octanol–water partition coefficient (Wildman–Crippen LogP) is 2.44. The summed E-state index contributed by atoms with van der Waals surface area (Å²) in [6.07, 6.45) is -8.37. The molecule has 0 saturated heterocycles. The summed E-state index contributed by atoms with van der Waals surface area (Å²) in [5, 5.41) is 8.54. The number of nitrogens with two attached hydrogens (primary N) is 1. The first-order valence-corrected chi connectivity index (χ1v) is 4.91. The maximum atomic E-state index is 12.9. The monoisotopic (exact) mass is 281 g/mol. The second kappa shape index (κ2) is 5.79. The Labute approximate surface area is 104 Å². The van der Waals surface area contributed by atoms with Gasteiger partial charge in [-0.25, -0.2) is 8.78 Å². The highest BCUT2D eigenvalue weighted by Crippen LogP contribution is 2.36. The van der Waals surface area contributed by atoms with Crippen LogP contribution in [-0.4, -0.2) is 11.3 Å². The molecule has 104 valence electrons. The molecule has 0 aliphatic carbocycles. The zero-order valence-electron chi connectivity index (χ0n) is 9.34. The van der Waals surface area contributed by atoms with Crippen molar-refractivity contribution in [1.29, 1.82) is 5.26 Å². The molecule has 9 heteroatoms. The van der Waals surface area contributed by atoms with Gasteiger partial charge in [0.1, 0.15) is 0 Å². The molecule has 0 aliphatic rings. The summed E-state index contributed by atoms with van der Waals surface area (Å²) in [4.78, 5) is 3.51. The molecule has 0 fully saturated rings. The fraction of sp³-hybridized carbons (Fsp3) is 0.400. The van der Waals surface area contributed by atoms with Crippen molar-refractivity contribution in [3.63, 3.8) is 0 Å². The molecule has 19 heavy (non-hydrogen) atoms. The van der Waals surface area contributed by atoms with Crippen LogP contribution in [0.15, 0.2) is 6.20 Å². The van der Waals surface area contributed by atoms with Crippen LogP contribution in [-0.2, 0) is 13.0 Å². The van der Waals surface area contributed by atoms with Crippen molar-refractivity contribution in [1.82, 2.24) is 4.98 Å². The van der Waals surface area contributed by atoms with Crippen LogP contribution in [0.2, 0.25) is 0 Å². The quantitative estimate of drug-likeness (QED) is 0.860. The minimum absolute atomic E-state index is 0.0635. The predicted molar refractivity (Wildman–Crippen MR) is 53.1 cm³/mol. The van der Waals surface area contributed by atoms with E-state index < -0.39 is 30.5 Å². The SMILES string of the molecule is N#CCc1c(CN)ncc(OC(F)(F)F)c1C(F)F. The first-order chi connectivity index (χ1) is 8.80. The van der Waals surface area contributed by atoms with Gasteiger partial charge in [0.2, 0.25) is 0 Å². The van der Waals surface area contributed by atoms with E-state index in [-0.39, 0.29) is 17.8 Å². The molecule has 0 unspecified atom stereocenters. The number of halogens is 5. The van der Waals surface area contributed by atoms with Crippen molar-refractivity contribution >= 4 is 0 Å². The van der Waals surface area contributed by atoms with E-state index in [0.29, 0.717) is 6.20 Å². The van der Waals surface area contributed by atoms with Crippen molar-refractivity contribution < 1.29 is 26.7 Å².